The van der Waals surface area contributed by atoms with E-state index in [0.29, 0.717) is 16.6 Å². The molecule has 1 N–H and O–H groups in total. The number of hydrogen-bond acceptors (Lipinski definition) is 4. The molecule has 4 rings (SSSR count). The molecule has 0 saturated heterocycles. The summed E-state index contributed by atoms with van der Waals surface area (Å²) in [4.78, 5) is 29.6. The van der Waals surface area contributed by atoms with Crippen LogP contribution in [0, 0.1) is 6.92 Å². The number of halogens is 1. The number of carbonyl (C=O) groups excluding carboxylic acids is 1. The van der Waals surface area contributed by atoms with Gasteiger partial charge in [0.25, 0.3) is 5.56 Å². The van der Waals surface area contributed by atoms with E-state index < -0.39 is 0 Å². The highest BCUT2D eigenvalue weighted by atomic mass is 79.9. The van der Waals surface area contributed by atoms with Crippen molar-refractivity contribution in [3.05, 3.63) is 81.6 Å². The number of rotatable bonds is 5. The van der Waals surface area contributed by atoms with Crippen LogP contribution >= 0.6 is 15.9 Å². The Morgan fingerprint density at radius 2 is 2.00 bits per heavy atom. The van der Waals surface area contributed by atoms with E-state index in [0.717, 1.165) is 15.7 Å². The Balaban J connectivity index is 1.50. The third-order valence-corrected chi connectivity index (χ3v) is 5.02. The molecule has 0 saturated carbocycles. The maximum atomic E-state index is 12.7. The first-order chi connectivity index (χ1) is 14.0. The van der Waals surface area contributed by atoms with Crippen molar-refractivity contribution in [3.63, 3.8) is 0 Å². The third-order valence-electron chi connectivity index (χ3n) is 4.61. The number of nitrogens with one attached hydrogen (secondary N) is 1. The molecule has 146 valence electrons. The molecule has 1 amide bonds. The minimum Gasteiger partial charge on any atom is -0.324 e. The zero-order valence-corrected chi connectivity index (χ0v) is 17.3. The van der Waals surface area contributed by atoms with Crippen LogP contribution in [0.25, 0.3) is 16.6 Å². The van der Waals surface area contributed by atoms with Gasteiger partial charge in [-0.25, -0.2) is 9.67 Å². The third kappa shape index (κ3) is 3.97. The Labute approximate surface area is 175 Å². The standard InChI is InChI=1S/C21H18BrN5O2/c1-14-5-4-6-16-20(14)23-13-26(21(16)29)10-9-19(28)25-17-7-2-3-8-18(17)27-12-15(22)11-24-27/h2-8,11-13H,9-10H2,1H3,(H,25,28). The SMILES string of the molecule is Cc1cccc2c(=O)n(CCC(=O)Nc3ccccc3-n3cc(Br)cn3)cnc12. The summed E-state index contributed by atoms with van der Waals surface area (Å²) >= 11 is 3.37. The van der Waals surface area contributed by atoms with Crippen LogP contribution < -0.4 is 10.9 Å². The summed E-state index contributed by atoms with van der Waals surface area (Å²) in [5.74, 6) is -0.195. The Morgan fingerprint density at radius 3 is 2.79 bits per heavy atom. The highest BCUT2D eigenvalue weighted by Crippen LogP contribution is 2.21. The maximum Gasteiger partial charge on any atom is 0.261 e. The molecule has 0 aliphatic heterocycles. The van der Waals surface area contributed by atoms with Crippen LogP contribution in [0.4, 0.5) is 5.69 Å². The van der Waals surface area contributed by atoms with Crippen LogP contribution in [0.2, 0.25) is 0 Å². The van der Waals surface area contributed by atoms with Crippen molar-refractivity contribution in [3.8, 4) is 5.69 Å². The fraction of sp³-hybridized carbons (Fsp3) is 0.143. The first kappa shape index (κ1) is 19.1. The average Bonchev–Trinajstić information content (AvgIpc) is 3.14. The second-order valence-corrected chi connectivity index (χ2v) is 7.55. The summed E-state index contributed by atoms with van der Waals surface area (Å²) in [6.07, 6.45) is 5.14. The first-order valence-corrected chi connectivity index (χ1v) is 9.86. The molecule has 0 bridgehead atoms. The molecule has 8 heteroatoms. The zero-order chi connectivity index (χ0) is 20.4. The minimum atomic E-state index is -0.195. The van der Waals surface area contributed by atoms with Gasteiger partial charge in [0.05, 0.1) is 39.3 Å². The number of anilines is 1. The predicted molar refractivity (Wildman–Crippen MR) is 115 cm³/mol. The maximum absolute atomic E-state index is 12.7. The summed E-state index contributed by atoms with van der Waals surface area (Å²) in [5.41, 5.74) is 2.90. The van der Waals surface area contributed by atoms with Crippen molar-refractivity contribution in [2.75, 3.05) is 5.32 Å². The number of aryl methyl sites for hydroxylation is 2. The van der Waals surface area contributed by atoms with E-state index in [2.05, 4.69) is 31.3 Å². The van der Waals surface area contributed by atoms with Crippen molar-refractivity contribution in [1.82, 2.24) is 19.3 Å². The van der Waals surface area contributed by atoms with Crippen molar-refractivity contribution >= 4 is 38.4 Å². The van der Waals surface area contributed by atoms with Gasteiger partial charge in [0, 0.05) is 19.2 Å². The number of nitrogens with zero attached hydrogens (tertiary/aromatic N) is 4. The van der Waals surface area contributed by atoms with Crippen LogP contribution in [0.15, 0.2) is 70.5 Å². The van der Waals surface area contributed by atoms with E-state index in [4.69, 9.17) is 0 Å². The van der Waals surface area contributed by atoms with Gasteiger partial charge in [0.1, 0.15) is 0 Å². The van der Waals surface area contributed by atoms with Crippen molar-refractivity contribution < 1.29 is 4.79 Å². The normalized spacial score (nSPS) is 11.0. The van der Waals surface area contributed by atoms with Gasteiger partial charge >= 0.3 is 0 Å². The number of aromatic nitrogens is 4. The molecule has 0 fully saturated rings. The Bertz CT molecular complexity index is 1260. The lowest BCUT2D eigenvalue weighted by molar-refractivity contribution is -0.116. The van der Waals surface area contributed by atoms with Crippen molar-refractivity contribution in [2.24, 2.45) is 0 Å². The molecule has 0 aliphatic rings. The summed E-state index contributed by atoms with van der Waals surface area (Å²) < 4.78 is 3.99. The number of hydrogen-bond donors (Lipinski definition) is 1. The Hall–Kier alpha value is -3.26. The van der Waals surface area contributed by atoms with Crippen LogP contribution in [-0.2, 0) is 11.3 Å². The topological polar surface area (TPSA) is 81.8 Å². The summed E-state index contributed by atoms with van der Waals surface area (Å²) in [7, 11) is 0. The smallest absolute Gasteiger partial charge is 0.261 e. The van der Waals surface area contributed by atoms with Crippen LogP contribution in [-0.4, -0.2) is 25.2 Å². The Kier molecular flexibility index (Phi) is 5.26. The number of benzene rings is 2. The quantitative estimate of drug-likeness (QED) is 0.501. The fourth-order valence-electron chi connectivity index (χ4n) is 3.14. The lowest BCUT2D eigenvalue weighted by atomic mass is 10.1. The van der Waals surface area contributed by atoms with Gasteiger partial charge < -0.3 is 5.32 Å². The van der Waals surface area contributed by atoms with E-state index in [1.165, 1.54) is 10.9 Å². The van der Waals surface area contributed by atoms with Gasteiger partial charge in [-0.05, 0) is 46.6 Å². The minimum absolute atomic E-state index is 0.145. The van der Waals surface area contributed by atoms with Crippen molar-refractivity contribution in [1.29, 1.82) is 0 Å². The molecule has 4 aromatic rings. The van der Waals surface area contributed by atoms with Gasteiger partial charge in [-0.3, -0.25) is 14.2 Å². The van der Waals surface area contributed by atoms with Gasteiger partial charge in [-0.1, -0.05) is 24.3 Å². The molecule has 0 radical (unpaired) electrons. The summed E-state index contributed by atoms with van der Waals surface area (Å²) in [6, 6.07) is 12.9. The average molecular weight is 452 g/mol. The van der Waals surface area contributed by atoms with Crippen LogP contribution in [0.3, 0.4) is 0 Å². The summed E-state index contributed by atoms with van der Waals surface area (Å²) in [5, 5.41) is 7.72. The lowest BCUT2D eigenvalue weighted by Gasteiger charge is -2.12. The van der Waals surface area contributed by atoms with E-state index in [9.17, 15) is 9.59 Å². The highest BCUT2D eigenvalue weighted by Gasteiger charge is 2.11. The molecular weight excluding hydrogens is 434 g/mol. The lowest BCUT2D eigenvalue weighted by Crippen LogP contribution is -2.24. The number of fused-ring (bicyclic) bond motifs is 1. The molecule has 2 aromatic heterocycles. The van der Waals surface area contributed by atoms with E-state index in [1.54, 1.807) is 16.9 Å². The molecule has 7 nitrogen and oxygen atoms in total. The van der Waals surface area contributed by atoms with Gasteiger partial charge in [-0.2, -0.15) is 5.10 Å². The number of carbonyl (C=O) groups is 1. The first-order valence-electron chi connectivity index (χ1n) is 9.07. The van der Waals surface area contributed by atoms with Crippen LogP contribution in [0.1, 0.15) is 12.0 Å². The van der Waals surface area contributed by atoms with E-state index in [-0.39, 0.29) is 24.4 Å². The second-order valence-electron chi connectivity index (χ2n) is 6.63. The zero-order valence-electron chi connectivity index (χ0n) is 15.7. The molecule has 2 aromatic carbocycles. The fourth-order valence-corrected chi connectivity index (χ4v) is 3.43. The number of para-hydroxylation sites is 3. The summed E-state index contributed by atoms with van der Waals surface area (Å²) in [6.45, 7) is 2.17. The van der Waals surface area contributed by atoms with Gasteiger partial charge in [0.2, 0.25) is 5.91 Å². The highest BCUT2D eigenvalue weighted by molar-refractivity contribution is 9.10. The largest absolute Gasteiger partial charge is 0.324 e. The molecule has 0 aliphatic carbocycles. The molecule has 0 spiro atoms. The van der Waals surface area contributed by atoms with Crippen LogP contribution in [0.5, 0.6) is 0 Å². The molecule has 0 atom stereocenters. The Morgan fingerprint density at radius 1 is 1.17 bits per heavy atom. The van der Waals surface area contributed by atoms with Gasteiger partial charge in [0.15, 0.2) is 0 Å². The molecular formula is C21H18BrN5O2. The molecule has 29 heavy (non-hydrogen) atoms. The van der Waals surface area contributed by atoms with Gasteiger partial charge in [-0.15, -0.1) is 0 Å². The number of amides is 1. The van der Waals surface area contributed by atoms with E-state index >= 15 is 0 Å². The second kappa shape index (κ2) is 8.00. The van der Waals surface area contributed by atoms with E-state index in [1.807, 2.05) is 49.5 Å². The van der Waals surface area contributed by atoms with Crippen molar-refractivity contribution in [2.45, 2.75) is 19.9 Å². The monoisotopic (exact) mass is 451 g/mol. The molecule has 2 heterocycles. The molecule has 0 unspecified atom stereocenters. The predicted octanol–water partition coefficient (Wildman–Crippen LogP) is 3.68.